The van der Waals surface area contributed by atoms with Gasteiger partial charge in [-0.05, 0) is 61.1 Å². The normalized spacial score (nSPS) is 14.4. The Morgan fingerprint density at radius 1 is 0.867 bits per heavy atom. The van der Waals surface area contributed by atoms with Crippen LogP contribution in [0.25, 0.3) is 0 Å². The maximum absolute atomic E-state index is 12.6. The molecule has 1 amide bonds. The summed E-state index contributed by atoms with van der Waals surface area (Å²) < 4.78 is 5.75. The van der Waals surface area contributed by atoms with Crippen LogP contribution < -0.4 is 15.0 Å². The molecule has 3 aromatic carbocycles. The van der Waals surface area contributed by atoms with Crippen LogP contribution in [0.3, 0.4) is 0 Å². The maximum atomic E-state index is 12.6. The first-order valence-corrected chi connectivity index (χ1v) is 10.3. The molecule has 1 heterocycles. The quantitative estimate of drug-likeness (QED) is 0.670. The first-order valence-electron chi connectivity index (χ1n) is 10.3. The van der Waals surface area contributed by atoms with E-state index in [2.05, 4.69) is 34.3 Å². The number of benzene rings is 3. The summed E-state index contributed by atoms with van der Waals surface area (Å²) in [5.41, 5.74) is 3.65. The van der Waals surface area contributed by atoms with Crippen molar-refractivity contribution in [2.24, 2.45) is 0 Å². The summed E-state index contributed by atoms with van der Waals surface area (Å²) >= 11 is 0. The molecule has 0 radical (unpaired) electrons. The number of nitrogens with zero attached hydrogens (tertiary/aromatic N) is 2. The van der Waals surface area contributed by atoms with Crippen LogP contribution in [0.1, 0.15) is 15.9 Å². The van der Waals surface area contributed by atoms with Crippen LogP contribution in [0, 0.1) is 0 Å². The van der Waals surface area contributed by atoms with Gasteiger partial charge in [0.05, 0.1) is 0 Å². The molecule has 0 bridgehead atoms. The molecule has 0 unspecified atom stereocenters. The van der Waals surface area contributed by atoms with Crippen LogP contribution in [0.5, 0.6) is 5.75 Å². The van der Waals surface area contributed by atoms with E-state index in [0.29, 0.717) is 12.2 Å². The zero-order valence-electron chi connectivity index (χ0n) is 17.3. The zero-order valence-corrected chi connectivity index (χ0v) is 17.3. The molecule has 0 spiro atoms. The number of nitrogens with one attached hydrogen (secondary N) is 1. The van der Waals surface area contributed by atoms with Crippen molar-refractivity contribution in [3.05, 3.63) is 90.0 Å². The molecular weight excluding hydrogens is 374 g/mol. The Kier molecular flexibility index (Phi) is 6.30. The van der Waals surface area contributed by atoms with Gasteiger partial charge in [-0.3, -0.25) is 4.79 Å². The van der Waals surface area contributed by atoms with Gasteiger partial charge in [-0.1, -0.05) is 30.3 Å². The van der Waals surface area contributed by atoms with Crippen molar-refractivity contribution in [2.45, 2.75) is 6.61 Å². The summed E-state index contributed by atoms with van der Waals surface area (Å²) in [4.78, 5) is 17.3. The lowest BCUT2D eigenvalue weighted by atomic mass is 10.1. The van der Waals surface area contributed by atoms with Crippen LogP contribution in [0.4, 0.5) is 11.4 Å². The van der Waals surface area contributed by atoms with Gasteiger partial charge in [0.2, 0.25) is 0 Å². The molecule has 1 aliphatic heterocycles. The molecule has 154 valence electrons. The molecule has 1 fully saturated rings. The molecule has 0 aromatic heterocycles. The van der Waals surface area contributed by atoms with Gasteiger partial charge < -0.3 is 19.9 Å². The van der Waals surface area contributed by atoms with Gasteiger partial charge >= 0.3 is 0 Å². The molecule has 0 saturated carbocycles. The Morgan fingerprint density at radius 2 is 1.53 bits per heavy atom. The molecule has 5 heteroatoms. The highest BCUT2D eigenvalue weighted by Crippen LogP contribution is 2.20. The lowest BCUT2D eigenvalue weighted by Gasteiger charge is -2.34. The number of para-hydroxylation sites is 1. The first kappa shape index (κ1) is 20.0. The van der Waals surface area contributed by atoms with Crippen molar-refractivity contribution in [1.82, 2.24) is 4.90 Å². The van der Waals surface area contributed by atoms with E-state index in [-0.39, 0.29) is 5.91 Å². The number of likely N-dealkylation sites (N-methyl/N-ethyl adjacent to an activating group) is 1. The van der Waals surface area contributed by atoms with Gasteiger partial charge in [-0.25, -0.2) is 0 Å². The first-order chi connectivity index (χ1) is 14.7. The molecule has 0 aliphatic carbocycles. The minimum atomic E-state index is -0.113. The van der Waals surface area contributed by atoms with Gasteiger partial charge in [0.15, 0.2) is 0 Å². The summed E-state index contributed by atoms with van der Waals surface area (Å²) in [5, 5.41) is 2.98. The molecular formula is C25H27N3O2. The van der Waals surface area contributed by atoms with E-state index in [9.17, 15) is 4.79 Å². The van der Waals surface area contributed by atoms with E-state index in [1.54, 1.807) is 0 Å². The van der Waals surface area contributed by atoms with Crippen LogP contribution in [0.15, 0.2) is 78.9 Å². The number of hydrogen-bond acceptors (Lipinski definition) is 4. The van der Waals surface area contributed by atoms with Gasteiger partial charge in [-0.15, -0.1) is 0 Å². The average Bonchev–Trinajstić information content (AvgIpc) is 2.80. The SMILES string of the molecule is CN1CCN(c2ccc(NC(=O)c3ccc(COc4ccccc4)cc3)cc2)CC1. The fourth-order valence-electron chi connectivity index (χ4n) is 3.46. The van der Waals surface area contributed by atoms with Gasteiger partial charge in [0, 0.05) is 43.1 Å². The van der Waals surface area contributed by atoms with Crippen molar-refractivity contribution >= 4 is 17.3 Å². The fraction of sp³-hybridized carbons (Fsp3) is 0.240. The van der Waals surface area contributed by atoms with E-state index in [0.717, 1.165) is 43.2 Å². The van der Waals surface area contributed by atoms with E-state index in [1.165, 1.54) is 5.69 Å². The second-order valence-electron chi connectivity index (χ2n) is 7.59. The summed E-state index contributed by atoms with van der Waals surface area (Å²) in [6.45, 7) is 4.68. The number of amides is 1. The van der Waals surface area contributed by atoms with E-state index in [4.69, 9.17) is 4.74 Å². The Bertz CT molecular complexity index is 948. The van der Waals surface area contributed by atoms with Crippen molar-refractivity contribution in [2.75, 3.05) is 43.4 Å². The van der Waals surface area contributed by atoms with Crippen LogP contribution in [0.2, 0.25) is 0 Å². The minimum absolute atomic E-state index is 0.113. The Morgan fingerprint density at radius 3 is 2.20 bits per heavy atom. The molecule has 1 N–H and O–H groups in total. The predicted molar refractivity (Wildman–Crippen MR) is 121 cm³/mol. The average molecular weight is 402 g/mol. The van der Waals surface area contributed by atoms with Gasteiger partial charge in [-0.2, -0.15) is 0 Å². The topological polar surface area (TPSA) is 44.8 Å². The second-order valence-corrected chi connectivity index (χ2v) is 7.59. The summed E-state index contributed by atoms with van der Waals surface area (Å²) in [5.74, 6) is 0.720. The van der Waals surface area contributed by atoms with E-state index in [1.807, 2.05) is 66.7 Å². The highest BCUT2D eigenvalue weighted by atomic mass is 16.5. The largest absolute Gasteiger partial charge is 0.489 e. The second kappa shape index (κ2) is 9.46. The Balaban J connectivity index is 1.31. The molecule has 0 atom stereocenters. The molecule has 4 rings (SSSR count). The van der Waals surface area contributed by atoms with Gasteiger partial charge in [0.25, 0.3) is 5.91 Å². The number of carbonyl (C=O) groups excluding carboxylic acids is 1. The smallest absolute Gasteiger partial charge is 0.255 e. The number of piperazine rings is 1. The van der Waals surface area contributed by atoms with E-state index < -0.39 is 0 Å². The van der Waals surface area contributed by atoms with Crippen molar-refractivity contribution in [3.63, 3.8) is 0 Å². The summed E-state index contributed by atoms with van der Waals surface area (Å²) in [6.07, 6.45) is 0. The molecule has 3 aromatic rings. The number of hydrogen-bond donors (Lipinski definition) is 1. The maximum Gasteiger partial charge on any atom is 0.255 e. The van der Waals surface area contributed by atoms with Crippen LogP contribution in [-0.2, 0) is 6.61 Å². The molecule has 30 heavy (non-hydrogen) atoms. The predicted octanol–water partition coefficient (Wildman–Crippen LogP) is 4.27. The number of anilines is 2. The van der Waals surface area contributed by atoms with Crippen molar-refractivity contribution < 1.29 is 9.53 Å². The van der Waals surface area contributed by atoms with Crippen LogP contribution >= 0.6 is 0 Å². The minimum Gasteiger partial charge on any atom is -0.489 e. The molecule has 1 saturated heterocycles. The number of rotatable bonds is 6. The van der Waals surface area contributed by atoms with Crippen LogP contribution in [-0.4, -0.2) is 44.0 Å². The Labute approximate surface area is 177 Å². The lowest BCUT2D eigenvalue weighted by Crippen LogP contribution is -2.44. The third-order valence-electron chi connectivity index (χ3n) is 5.36. The highest BCUT2D eigenvalue weighted by Gasteiger charge is 2.14. The third-order valence-corrected chi connectivity index (χ3v) is 5.36. The van der Waals surface area contributed by atoms with Crippen molar-refractivity contribution in [3.8, 4) is 5.75 Å². The van der Waals surface area contributed by atoms with E-state index >= 15 is 0 Å². The number of ether oxygens (including phenoxy) is 1. The third kappa shape index (κ3) is 5.19. The lowest BCUT2D eigenvalue weighted by molar-refractivity contribution is 0.102. The highest BCUT2D eigenvalue weighted by molar-refractivity contribution is 6.04. The van der Waals surface area contributed by atoms with Gasteiger partial charge in [0.1, 0.15) is 12.4 Å². The molecule has 5 nitrogen and oxygen atoms in total. The summed E-state index contributed by atoms with van der Waals surface area (Å²) in [6, 6.07) is 25.3. The number of carbonyl (C=O) groups is 1. The fourth-order valence-corrected chi connectivity index (χ4v) is 3.46. The monoisotopic (exact) mass is 401 g/mol. The van der Waals surface area contributed by atoms with Crippen molar-refractivity contribution in [1.29, 1.82) is 0 Å². The summed E-state index contributed by atoms with van der Waals surface area (Å²) in [7, 11) is 2.15. The standard InChI is InChI=1S/C25H27N3O2/c1-27-15-17-28(18-16-27)23-13-11-22(12-14-23)26-25(29)21-9-7-20(8-10-21)19-30-24-5-3-2-4-6-24/h2-14H,15-19H2,1H3,(H,26,29). The zero-order chi connectivity index (χ0) is 20.8. The molecule has 1 aliphatic rings. The Hall–Kier alpha value is -3.31.